The van der Waals surface area contributed by atoms with Gasteiger partial charge in [0.2, 0.25) is 0 Å². The Kier molecular flexibility index (Phi) is 15.9. The lowest BCUT2D eigenvalue weighted by Gasteiger charge is -2.46. The molecule has 400 valence electrons. The zero-order valence-corrected chi connectivity index (χ0v) is 36.8. The number of rotatable bonds is 8. The fourth-order valence-corrected chi connectivity index (χ4v) is 7.69. The van der Waals surface area contributed by atoms with Crippen LogP contribution in [0.5, 0.6) is 5.88 Å². The third-order valence-corrected chi connectivity index (χ3v) is 10.8. The van der Waals surface area contributed by atoms with Gasteiger partial charge < -0.3 is 4.74 Å². The molecule has 3 nitrogen and oxygen atoms in total. The van der Waals surface area contributed by atoms with Gasteiger partial charge in [0.15, 0.2) is 12.7 Å². The first kappa shape index (κ1) is 58.3. The van der Waals surface area contributed by atoms with E-state index in [0.717, 1.165) is 12.4 Å². The summed E-state index contributed by atoms with van der Waals surface area (Å²) in [6.07, 6.45) is -49.2. The van der Waals surface area contributed by atoms with Crippen LogP contribution in [0.25, 0.3) is 0 Å². The molecule has 0 fully saturated rings. The van der Waals surface area contributed by atoms with E-state index < -0.39 is 195 Å². The molecular weight excluding hydrogens is 1060 g/mol. The van der Waals surface area contributed by atoms with Crippen LogP contribution >= 0.6 is 0 Å². The van der Waals surface area contributed by atoms with Crippen LogP contribution in [0, 0.1) is 0 Å². The lowest BCUT2D eigenvalue weighted by atomic mass is 9.12. The molecule has 1 heterocycles. The van der Waals surface area contributed by atoms with Crippen LogP contribution < -0.4 is 31.2 Å². The molecule has 0 N–H and O–H groups in total. The Morgan fingerprint density at radius 3 is 0.892 bits per heavy atom. The van der Waals surface area contributed by atoms with Gasteiger partial charge in [-0.3, -0.25) is 0 Å². The molecule has 0 saturated carbocycles. The minimum absolute atomic E-state index is 0.154. The summed E-state index contributed by atoms with van der Waals surface area (Å²) in [5.41, 5.74) is -29.0. The Balaban J connectivity index is 0.000000500. The fourth-order valence-electron chi connectivity index (χ4n) is 7.69. The maximum atomic E-state index is 14.2. The van der Waals surface area contributed by atoms with Gasteiger partial charge in [-0.1, -0.05) is 78.9 Å². The lowest BCUT2D eigenvalue weighted by Crippen LogP contribution is -2.75. The summed E-state index contributed by atoms with van der Waals surface area (Å²) in [7, 11) is 0. The zero-order chi connectivity index (χ0) is 56.0. The van der Waals surface area contributed by atoms with E-state index in [-0.39, 0.29) is 6.10 Å². The molecule has 0 unspecified atom stereocenters. The summed E-state index contributed by atoms with van der Waals surface area (Å²) in [4.78, 5) is 4.09. The molecule has 1 aromatic heterocycles. The van der Waals surface area contributed by atoms with Crippen molar-refractivity contribution in [3.05, 3.63) is 172 Å². The van der Waals surface area contributed by atoms with Crippen LogP contribution in [0.1, 0.15) is 63.9 Å². The minimum atomic E-state index is -6.13. The molecular formula is C46H29BF24N2O. The van der Waals surface area contributed by atoms with Crippen LogP contribution in [0.3, 0.4) is 0 Å². The maximum Gasteiger partial charge on any atom is 0.416 e. The summed E-state index contributed by atoms with van der Waals surface area (Å²) in [5, 5.41) is 0. The first-order chi connectivity index (χ1) is 33.5. The van der Waals surface area contributed by atoms with Gasteiger partial charge in [0, 0.05) is 5.56 Å². The van der Waals surface area contributed by atoms with Crippen LogP contribution in [-0.2, 0) is 56.0 Å². The highest BCUT2D eigenvalue weighted by Crippen LogP contribution is 2.41. The number of hydrogen-bond acceptors (Lipinski definition) is 2. The molecule has 0 amide bonds. The number of benzene rings is 5. The van der Waals surface area contributed by atoms with Crippen molar-refractivity contribution in [2.24, 2.45) is 0 Å². The van der Waals surface area contributed by atoms with Crippen molar-refractivity contribution in [2.45, 2.75) is 75.9 Å². The number of aromatic nitrogens is 2. The number of alkyl halides is 24. The molecule has 0 aliphatic carbocycles. The van der Waals surface area contributed by atoms with Crippen LogP contribution in [0.2, 0.25) is 0 Å². The van der Waals surface area contributed by atoms with E-state index in [1.807, 2.05) is 38.2 Å². The third-order valence-electron chi connectivity index (χ3n) is 10.8. The summed E-state index contributed by atoms with van der Waals surface area (Å²) in [6, 6.07) is 1.50. The summed E-state index contributed by atoms with van der Waals surface area (Å²) >= 11 is 0. The van der Waals surface area contributed by atoms with Crippen molar-refractivity contribution >= 4 is 28.0 Å². The Morgan fingerprint density at radius 1 is 0.405 bits per heavy atom. The molecule has 6 rings (SSSR count). The number of hydrogen-bond donors (Lipinski definition) is 0. The van der Waals surface area contributed by atoms with E-state index in [0.29, 0.717) is 0 Å². The molecule has 0 aliphatic heterocycles. The van der Waals surface area contributed by atoms with E-state index in [2.05, 4.69) is 21.7 Å². The second-order valence-electron chi connectivity index (χ2n) is 16.4. The van der Waals surface area contributed by atoms with Gasteiger partial charge >= 0.3 is 55.3 Å². The highest BCUT2D eigenvalue weighted by Gasteiger charge is 2.47. The topological polar surface area (TPSA) is 26.0 Å². The van der Waals surface area contributed by atoms with Crippen LogP contribution in [0.4, 0.5) is 105 Å². The monoisotopic (exact) mass is 1090 g/mol. The predicted octanol–water partition coefficient (Wildman–Crippen LogP) is 13.4. The van der Waals surface area contributed by atoms with Gasteiger partial charge in [-0.2, -0.15) is 132 Å². The van der Waals surface area contributed by atoms with Gasteiger partial charge in [-0.25, -0.2) is 4.98 Å². The van der Waals surface area contributed by atoms with E-state index in [4.69, 9.17) is 4.74 Å². The highest BCUT2D eigenvalue weighted by atomic mass is 19.4. The number of halogens is 24. The van der Waals surface area contributed by atoms with Crippen molar-refractivity contribution in [3.63, 3.8) is 0 Å². The molecule has 0 saturated heterocycles. The Bertz CT molecular complexity index is 2490. The molecule has 5 aromatic carbocycles. The summed E-state index contributed by atoms with van der Waals surface area (Å²) in [6.45, 7) is 4.82. The van der Waals surface area contributed by atoms with Gasteiger partial charge in [-0.05, 0) is 38.1 Å². The normalized spacial score (nSPS) is 13.4. The largest absolute Gasteiger partial charge is 0.441 e. The summed E-state index contributed by atoms with van der Waals surface area (Å²) < 4.78 is 349. The first-order valence-corrected chi connectivity index (χ1v) is 20.4. The van der Waals surface area contributed by atoms with Crippen molar-refractivity contribution in [2.75, 3.05) is 0 Å². The minimum Gasteiger partial charge on any atom is -0.441 e. The van der Waals surface area contributed by atoms with Gasteiger partial charge in [0.1, 0.15) is 12.3 Å². The Morgan fingerprint density at radius 2 is 0.662 bits per heavy atom. The molecule has 0 spiro atoms. The van der Waals surface area contributed by atoms with Crippen molar-refractivity contribution < 1.29 is 115 Å². The van der Waals surface area contributed by atoms with E-state index in [1.54, 1.807) is 12.4 Å². The van der Waals surface area contributed by atoms with Gasteiger partial charge in [0.05, 0.1) is 56.8 Å². The molecule has 0 radical (unpaired) electrons. The second-order valence-corrected chi connectivity index (χ2v) is 16.4. The average molecular weight is 1090 g/mol. The standard InChI is InChI=1S/C32H12BF24.C14H17N2O/c34-25(35,36)13-1-14(26(37,38)39)6-21(5-13)33(22-7-15(27(40,41)42)2-16(8-22)28(43,44)45,23-9-17(29(46,47)48)3-18(10-23)30(49,50)51)24-11-19(31(52,53)54)4-20(12-24)32(55,56)57;1-12(2)17-14-10-15-8-9-16(14)11-13-6-4-3-5-7-13/h1-12H;3-10,12H,11H2,1-2H3/q-1;+1. The second kappa shape index (κ2) is 20.2. The van der Waals surface area contributed by atoms with Gasteiger partial charge in [-0.15, -0.1) is 0 Å². The third kappa shape index (κ3) is 13.7. The van der Waals surface area contributed by atoms with Crippen molar-refractivity contribution in [1.82, 2.24) is 4.98 Å². The van der Waals surface area contributed by atoms with Crippen LogP contribution in [0.15, 0.2) is 122 Å². The van der Waals surface area contributed by atoms with E-state index in [1.165, 1.54) is 5.56 Å². The Labute approximate surface area is 400 Å². The highest BCUT2D eigenvalue weighted by molar-refractivity contribution is 7.20. The van der Waals surface area contributed by atoms with Crippen LogP contribution in [-0.4, -0.2) is 17.2 Å². The average Bonchev–Trinajstić information content (AvgIpc) is 3.25. The molecule has 74 heavy (non-hydrogen) atoms. The van der Waals surface area contributed by atoms with E-state index in [9.17, 15) is 105 Å². The quantitative estimate of drug-likeness (QED) is 0.0862. The zero-order valence-electron chi connectivity index (χ0n) is 36.8. The molecule has 6 aromatic rings. The molecule has 0 atom stereocenters. The lowest BCUT2D eigenvalue weighted by molar-refractivity contribution is -0.694. The van der Waals surface area contributed by atoms with Crippen molar-refractivity contribution in [3.8, 4) is 5.88 Å². The first-order valence-electron chi connectivity index (χ1n) is 20.4. The molecule has 0 bridgehead atoms. The smallest absolute Gasteiger partial charge is 0.416 e. The Hall–Kier alpha value is -6.64. The predicted molar refractivity (Wildman–Crippen MR) is 216 cm³/mol. The summed E-state index contributed by atoms with van der Waals surface area (Å²) in [5.74, 6) is 0.798. The fraction of sp³-hybridized carbons (Fsp3) is 0.261. The van der Waals surface area contributed by atoms with Gasteiger partial charge in [0.25, 0.3) is 0 Å². The SMILES string of the molecule is CC(C)Oc1cncc[n+]1Cc1ccccc1.FC(F)(F)c1cc([B-](c2cc(C(F)(F)F)cc(C(F)(F)F)c2)(c2cc(C(F)(F)F)cc(C(F)(F)F)c2)c2cc(C(F)(F)F)cc(C(F)(F)F)c2)cc(C(F)(F)F)c1. The number of ether oxygens (including phenoxy) is 1. The maximum absolute atomic E-state index is 14.2. The number of nitrogens with zero attached hydrogens (tertiary/aromatic N) is 2. The molecule has 0 aliphatic rings. The van der Waals surface area contributed by atoms with E-state index >= 15 is 0 Å². The van der Waals surface area contributed by atoms with Crippen molar-refractivity contribution in [1.29, 1.82) is 0 Å². The molecule has 28 heteroatoms.